The van der Waals surface area contributed by atoms with E-state index in [1.165, 1.54) is 16.5 Å². The molecule has 0 spiro atoms. The van der Waals surface area contributed by atoms with Crippen molar-refractivity contribution in [3.63, 3.8) is 0 Å². The molecule has 88 valence electrons. The number of nitrogens with zero attached hydrogens (tertiary/aromatic N) is 2. The third-order valence-corrected chi connectivity index (χ3v) is 3.20. The smallest absolute Gasteiger partial charge is 0.125 e. The second-order valence-corrected chi connectivity index (χ2v) is 4.50. The van der Waals surface area contributed by atoms with Gasteiger partial charge in [-0.3, -0.25) is 0 Å². The molecule has 0 fully saturated rings. The molecule has 2 aromatic rings. The van der Waals surface area contributed by atoms with Gasteiger partial charge in [0, 0.05) is 30.1 Å². The average molecular weight is 227 g/mol. The van der Waals surface area contributed by atoms with Crippen LogP contribution in [-0.2, 0) is 13.6 Å². The van der Waals surface area contributed by atoms with Gasteiger partial charge in [0.15, 0.2) is 0 Å². The van der Waals surface area contributed by atoms with Crippen LogP contribution in [0.2, 0.25) is 0 Å². The van der Waals surface area contributed by atoms with Crippen molar-refractivity contribution in [3.8, 4) is 6.07 Å². The maximum Gasteiger partial charge on any atom is 0.125 e. The van der Waals surface area contributed by atoms with E-state index in [9.17, 15) is 5.26 Å². The highest BCUT2D eigenvalue weighted by molar-refractivity contribution is 5.90. The van der Waals surface area contributed by atoms with E-state index in [-0.39, 0.29) is 0 Å². The Morgan fingerprint density at radius 3 is 2.65 bits per heavy atom. The molecule has 0 aliphatic carbocycles. The number of hydrogen-bond acceptors (Lipinski definition) is 2. The molecule has 3 nitrogen and oxygen atoms in total. The van der Waals surface area contributed by atoms with Crippen LogP contribution >= 0.6 is 0 Å². The Morgan fingerprint density at radius 1 is 1.35 bits per heavy atom. The molecule has 2 rings (SSSR count). The van der Waals surface area contributed by atoms with Crippen molar-refractivity contribution < 1.29 is 0 Å². The number of hydrogen-bond donors (Lipinski definition) is 1. The normalized spacial score (nSPS) is 10.8. The summed E-state index contributed by atoms with van der Waals surface area (Å²) in [5.41, 5.74) is 5.47. The lowest BCUT2D eigenvalue weighted by atomic mass is 10.0. The van der Waals surface area contributed by atoms with Crippen molar-refractivity contribution in [1.29, 1.82) is 5.26 Å². The van der Waals surface area contributed by atoms with Gasteiger partial charge in [0.25, 0.3) is 0 Å². The summed E-state index contributed by atoms with van der Waals surface area (Å²) in [6, 6.07) is 6.62. The molecule has 0 radical (unpaired) electrons. The fraction of sp³-hybridized carbons (Fsp3) is 0.357. The highest BCUT2D eigenvalue weighted by Crippen LogP contribution is 2.29. The molecule has 1 aromatic heterocycles. The topological polar surface area (TPSA) is 40.8 Å². The minimum Gasteiger partial charge on any atom is -0.335 e. The van der Waals surface area contributed by atoms with Crippen molar-refractivity contribution in [1.82, 2.24) is 9.88 Å². The number of nitrogens with one attached hydrogen (secondary N) is 1. The van der Waals surface area contributed by atoms with Crippen LogP contribution in [0, 0.1) is 25.2 Å². The summed E-state index contributed by atoms with van der Waals surface area (Å²) in [7, 11) is 3.86. The molecule has 1 heterocycles. The zero-order chi connectivity index (χ0) is 12.6. The number of aromatic nitrogens is 1. The minimum atomic E-state index is 0.726. The van der Waals surface area contributed by atoms with Crippen LogP contribution in [0.1, 0.15) is 22.4 Å². The standard InChI is InChI=1S/C14H17N3/c1-9-5-10(2)14-11(8-16-3)13(7-15)17(4)12(14)6-9/h5-6,16H,8H2,1-4H3. The molecule has 0 amide bonds. The van der Waals surface area contributed by atoms with Crippen LogP contribution < -0.4 is 5.32 Å². The molecule has 3 heteroatoms. The lowest BCUT2D eigenvalue weighted by Gasteiger charge is -2.03. The molecule has 0 unspecified atom stereocenters. The Kier molecular flexibility index (Phi) is 2.91. The van der Waals surface area contributed by atoms with Crippen LogP contribution in [0.4, 0.5) is 0 Å². The Balaban J connectivity index is 2.91. The number of benzene rings is 1. The van der Waals surface area contributed by atoms with Gasteiger partial charge in [0.2, 0.25) is 0 Å². The summed E-state index contributed by atoms with van der Waals surface area (Å²) in [5, 5.41) is 13.6. The van der Waals surface area contributed by atoms with Gasteiger partial charge in [-0.15, -0.1) is 0 Å². The highest BCUT2D eigenvalue weighted by atomic mass is 15.0. The number of rotatable bonds is 2. The SMILES string of the molecule is CNCc1c(C#N)n(C)c2cc(C)cc(C)c12. The fourth-order valence-electron chi connectivity index (χ4n) is 2.53. The molecule has 0 saturated heterocycles. The average Bonchev–Trinajstić information content (AvgIpc) is 2.53. The predicted octanol–water partition coefficient (Wildman–Crippen LogP) is 2.39. The second-order valence-electron chi connectivity index (χ2n) is 4.50. The third-order valence-electron chi connectivity index (χ3n) is 3.20. The molecule has 0 saturated carbocycles. The van der Waals surface area contributed by atoms with Gasteiger partial charge in [-0.05, 0) is 38.1 Å². The van der Waals surface area contributed by atoms with Crippen LogP contribution in [0.15, 0.2) is 12.1 Å². The van der Waals surface area contributed by atoms with Crippen molar-refractivity contribution in [2.24, 2.45) is 7.05 Å². The minimum absolute atomic E-state index is 0.726. The van der Waals surface area contributed by atoms with Gasteiger partial charge in [0.1, 0.15) is 11.8 Å². The van der Waals surface area contributed by atoms with E-state index >= 15 is 0 Å². The van der Waals surface area contributed by atoms with Gasteiger partial charge >= 0.3 is 0 Å². The first-order valence-electron chi connectivity index (χ1n) is 5.73. The molecular formula is C14H17N3. The Bertz CT molecular complexity index is 615. The summed E-state index contributed by atoms with van der Waals surface area (Å²) in [6.45, 7) is 4.92. The largest absolute Gasteiger partial charge is 0.335 e. The monoisotopic (exact) mass is 227 g/mol. The van der Waals surface area contributed by atoms with E-state index in [0.29, 0.717) is 0 Å². The lowest BCUT2D eigenvalue weighted by Crippen LogP contribution is -2.07. The lowest BCUT2D eigenvalue weighted by molar-refractivity contribution is 0.810. The van der Waals surface area contributed by atoms with Crippen molar-refractivity contribution in [2.45, 2.75) is 20.4 Å². The zero-order valence-corrected chi connectivity index (χ0v) is 10.8. The van der Waals surface area contributed by atoms with E-state index in [4.69, 9.17) is 0 Å². The maximum atomic E-state index is 9.29. The maximum absolute atomic E-state index is 9.29. The summed E-state index contributed by atoms with van der Waals surface area (Å²) < 4.78 is 1.99. The summed E-state index contributed by atoms with van der Waals surface area (Å²) in [6.07, 6.45) is 0. The van der Waals surface area contributed by atoms with Gasteiger partial charge < -0.3 is 9.88 Å². The number of fused-ring (bicyclic) bond motifs is 1. The second kappa shape index (κ2) is 4.23. The van der Waals surface area contributed by atoms with Crippen molar-refractivity contribution in [3.05, 3.63) is 34.5 Å². The van der Waals surface area contributed by atoms with E-state index in [0.717, 1.165) is 23.3 Å². The molecule has 0 bridgehead atoms. The summed E-state index contributed by atoms with van der Waals surface area (Å²) >= 11 is 0. The molecule has 1 aromatic carbocycles. The van der Waals surface area contributed by atoms with Gasteiger partial charge in [-0.2, -0.15) is 5.26 Å². The Hall–Kier alpha value is -1.79. The third kappa shape index (κ3) is 1.71. The molecule has 17 heavy (non-hydrogen) atoms. The Labute approximate surface area is 102 Å². The van der Waals surface area contributed by atoms with Crippen LogP contribution in [-0.4, -0.2) is 11.6 Å². The predicted molar refractivity (Wildman–Crippen MR) is 69.9 cm³/mol. The zero-order valence-electron chi connectivity index (χ0n) is 10.8. The highest BCUT2D eigenvalue weighted by Gasteiger charge is 2.16. The molecule has 1 N–H and O–H groups in total. The quantitative estimate of drug-likeness (QED) is 0.855. The summed E-state index contributed by atoms with van der Waals surface area (Å²) in [5.74, 6) is 0. The summed E-state index contributed by atoms with van der Waals surface area (Å²) in [4.78, 5) is 0. The first-order valence-corrected chi connectivity index (χ1v) is 5.73. The number of nitriles is 1. The molecular weight excluding hydrogens is 210 g/mol. The fourth-order valence-corrected chi connectivity index (χ4v) is 2.53. The van der Waals surface area contributed by atoms with Crippen molar-refractivity contribution >= 4 is 10.9 Å². The van der Waals surface area contributed by atoms with Gasteiger partial charge in [-0.25, -0.2) is 0 Å². The van der Waals surface area contributed by atoms with Crippen LogP contribution in [0.3, 0.4) is 0 Å². The molecule has 0 atom stereocenters. The van der Waals surface area contributed by atoms with Gasteiger partial charge in [0.05, 0.1) is 0 Å². The van der Waals surface area contributed by atoms with E-state index in [1.807, 2.05) is 18.7 Å². The van der Waals surface area contributed by atoms with E-state index in [1.54, 1.807) is 0 Å². The number of aryl methyl sites for hydroxylation is 3. The van der Waals surface area contributed by atoms with E-state index < -0.39 is 0 Å². The Morgan fingerprint density at radius 2 is 2.06 bits per heavy atom. The first kappa shape index (κ1) is 11.7. The van der Waals surface area contributed by atoms with Crippen LogP contribution in [0.5, 0.6) is 0 Å². The first-order chi connectivity index (χ1) is 8.10. The van der Waals surface area contributed by atoms with Gasteiger partial charge in [-0.1, -0.05) is 6.07 Å². The van der Waals surface area contributed by atoms with E-state index in [2.05, 4.69) is 37.4 Å². The van der Waals surface area contributed by atoms with Crippen LogP contribution in [0.25, 0.3) is 10.9 Å². The van der Waals surface area contributed by atoms with Crippen molar-refractivity contribution in [2.75, 3.05) is 7.05 Å². The molecule has 0 aliphatic heterocycles. The molecule has 0 aliphatic rings.